The summed E-state index contributed by atoms with van der Waals surface area (Å²) < 4.78 is 1.67. The lowest BCUT2D eigenvalue weighted by atomic mass is 10.1. The number of rotatable bonds is 3. The van der Waals surface area contributed by atoms with Crippen molar-refractivity contribution < 1.29 is 5.11 Å². The first kappa shape index (κ1) is 10.8. The van der Waals surface area contributed by atoms with Crippen LogP contribution in [0.15, 0.2) is 18.2 Å². The van der Waals surface area contributed by atoms with Crippen LogP contribution in [-0.4, -0.2) is 31.9 Å². The van der Waals surface area contributed by atoms with E-state index >= 15 is 0 Å². The second-order valence-corrected chi connectivity index (χ2v) is 3.77. The van der Waals surface area contributed by atoms with Gasteiger partial charge in [0.15, 0.2) is 5.82 Å². The van der Waals surface area contributed by atoms with Gasteiger partial charge in [-0.1, -0.05) is 17.7 Å². The molecule has 0 spiro atoms. The molecule has 0 amide bonds. The van der Waals surface area contributed by atoms with Crippen LogP contribution in [0.2, 0.25) is 0 Å². The molecule has 0 fully saturated rings. The summed E-state index contributed by atoms with van der Waals surface area (Å²) in [6.07, 6.45) is 0.459. The van der Waals surface area contributed by atoms with Gasteiger partial charge in [-0.3, -0.25) is 0 Å². The summed E-state index contributed by atoms with van der Waals surface area (Å²) in [5.74, 6) is 0.675. The molecule has 0 radical (unpaired) electrons. The lowest BCUT2D eigenvalue weighted by Crippen LogP contribution is -2.06. The van der Waals surface area contributed by atoms with E-state index in [0.717, 1.165) is 11.3 Å². The highest BCUT2D eigenvalue weighted by atomic mass is 16.3. The van der Waals surface area contributed by atoms with Crippen molar-refractivity contribution in [1.82, 2.24) is 20.2 Å². The molecule has 16 heavy (non-hydrogen) atoms. The predicted molar refractivity (Wildman–Crippen MR) is 59.4 cm³/mol. The topological polar surface area (TPSA) is 63.8 Å². The fraction of sp³-hybridized carbons (Fsp3) is 0.364. The van der Waals surface area contributed by atoms with Crippen molar-refractivity contribution in [2.45, 2.75) is 20.3 Å². The third kappa shape index (κ3) is 1.94. The zero-order chi connectivity index (χ0) is 11.5. The average molecular weight is 218 g/mol. The minimum Gasteiger partial charge on any atom is -0.396 e. The molecule has 0 aliphatic carbocycles. The Labute approximate surface area is 93.7 Å². The van der Waals surface area contributed by atoms with Crippen LogP contribution in [0, 0.1) is 13.8 Å². The van der Waals surface area contributed by atoms with E-state index in [9.17, 15) is 0 Å². The van der Waals surface area contributed by atoms with Crippen molar-refractivity contribution in [2.75, 3.05) is 6.61 Å². The largest absolute Gasteiger partial charge is 0.396 e. The summed E-state index contributed by atoms with van der Waals surface area (Å²) in [5.41, 5.74) is 3.28. The van der Waals surface area contributed by atoms with Crippen LogP contribution in [0.5, 0.6) is 0 Å². The van der Waals surface area contributed by atoms with Crippen LogP contribution in [0.3, 0.4) is 0 Å². The monoisotopic (exact) mass is 218 g/mol. The summed E-state index contributed by atoms with van der Waals surface area (Å²) in [7, 11) is 0. The molecule has 0 saturated heterocycles. The van der Waals surface area contributed by atoms with Gasteiger partial charge in [0.05, 0.1) is 12.3 Å². The maximum atomic E-state index is 8.91. The minimum absolute atomic E-state index is 0.0469. The van der Waals surface area contributed by atoms with Gasteiger partial charge in [0, 0.05) is 6.42 Å². The molecule has 0 aliphatic heterocycles. The second kappa shape index (κ2) is 4.40. The molecule has 2 rings (SSSR count). The number of hydrogen-bond donors (Lipinski definition) is 1. The van der Waals surface area contributed by atoms with Crippen molar-refractivity contribution in [3.05, 3.63) is 35.2 Å². The van der Waals surface area contributed by atoms with Crippen LogP contribution in [0.25, 0.3) is 5.69 Å². The number of tetrazole rings is 1. The molecule has 1 aromatic carbocycles. The van der Waals surface area contributed by atoms with Crippen molar-refractivity contribution in [2.24, 2.45) is 0 Å². The molecule has 0 bridgehead atoms. The molecule has 5 heteroatoms. The second-order valence-electron chi connectivity index (χ2n) is 3.77. The van der Waals surface area contributed by atoms with Gasteiger partial charge in [-0.15, -0.1) is 5.10 Å². The lowest BCUT2D eigenvalue weighted by molar-refractivity contribution is 0.295. The number of nitrogens with zero attached hydrogens (tertiary/aromatic N) is 4. The number of benzene rings is 1. The standard InChI is InChI=1S/C11H14N4O/c1-8-3-4-10(9(2)7-8)15-11(5-6-16)12-13-14-15/h3-4,7,16H,5-6H2,1-2H3. The smallest absolute Gasteiger partial charge is 0.159 e. The Morgan fingerprint density at radius 3 is 2.81 bits per heavy atom. The van der Waals surface area contributed by atoms with E-state index in [1.807, 2.05) is 26.0 Å². The summed E-state index contributed by atoms with van der Waals surface area (Å²) in [4.78, 5) is 0. The highest BCUT2D eigenvalue weighted by molar-refractivity contribution is 5.42. The third-order valence-electron chi connectivity index (χ3n) is 2.45. The number of aryl methyl sites for hydroxylation is 2. The summed E-state index contributed by atoms with van der Waals surface area (Å²) in [6, 6.07) is 6.09. The van der Waals surface area contributed by atoms with Crippen LogP contribution in [-0.2, 0) is 6.42 Å². The summed E-state index contributed by atoms with van der Waals surface area (Å²) in [6.45, 7) is 4.11. The average Bonchev–Trinajstić information content (AvgIpc) is 2.67. The molecular weight excluding hydrogens is 204 g/mol. The van der Waals surface area contributed by atoms with E-state index in [1.54, 1.807) is 4.68 Å². The van der Waals surface area contributed by atoms with Crippen LogP contribution in [0.4, 0.5) is 0 Å². The fourth-order valence-electron chi connectivity index (χ4n) is 1.69. The maximum Gasteiger partial charge on any atom is 0.159 e. The lowest BCUT2D eigenvalue weighted by Gasteiger charge is -2.07. The molecule has 0 saturated carbocycles. The molecule has 0 aliphatic rings. The van der Waals surface area contributed by atoms with Gasteiger partial charge in [-0.2, -0.15) is 4.68 Å². The third-order valence-corrected chi connectivity index (χ3v) is 2.45. The molecule has 1 heterocycles. The van der Waals surface area contributed by atoms with Gasteiger partial charge in [0.25, 0.3) is 0 Å². The molecule has 0 atom stereocenters. The summed E-state index contributed by atoms with van der Waals surface area (Å²) in [5, 5.41) is 20.4. The Morgan fingerprint density at radius 1 is 1.31 bits per heavy atom. The van der Waals surface area contributed by atoms with Gasteiger partial charge < -0.3 is 5.11 Å². The van der Waals surface area contributed by atoms with Crippen LogP contribution in [0.1, 0.15) is 17.0 Å². The SMILES string of the molecule is Cc1ccc(-n2nnnc2CCO)c(C)c1. The first-order valence-corrected chi connectivity index (χ1v) is 5.18. The fourth-order valence-corrected chi connectivity index (χ4v) is 1.69. The Morgan fingerprint density at radius 2 is 2.12 bits per heavy atom. The molecule has 1 N–H and O–H groups in total. The van der Waals surface area contributed by atoms with E-state index in [2.05, 4.69) is 21.6 Å². The molecule has 0 unspecified atom stereocenters. The zero-order valence-corrected chi connectivity index (χ0v) is 9.38. The van der Waals surface area contributed by atoms with Gasteiger partial charge in [0.1, 0.15) is 0 Å². The number of aliphatic hydroxyl groups excluding tert-OH is 1. The minimum atomic E-state index is 0.0469. The Bertz CT molecular complexity index is 492. The highest BCUT2D eigenvalue weighted by Gasteiger charge is 2.09. The number of aliphatic hydroxyl groups is 1. The van der Waals surface area contributed by atoms with E-state index in [4.69, 9.17) is 5.11 Å². The van der Waals surface area contributed by atoms with Gasteiger partial charge in [-0.05, 0) is 35.9 Å². The van der Waals surface area contributed by atoms with Crippen LogP contribution < -0.4 is 0 Å². The van der Waals surface area contributed by atoms with E-state index in [0.29, 0.717) is 12.2 Å². The van der Waals surface area contributed by atoms with E-state index in [1.165, 1.54) is 5.56 Å². The maximum absolute atomic E-state index is 8.91. The van der Waals surface area contributed by atoms with Crippen molar-refractivity contribution >= 4 is 0 Å². The normalized spacial score (nSPS) is 10.7. The van der Waals surface area contributed by atoms with Crippen molar-refractivity contribution in [3.8, 4) is 5.69 Å². The Hall–Kier alpha value is -1.75. The van der Waals surface area contributed by atoms with Crippen molar-refractivity contribution in [1.29, 1.82) is 0 Å². The molecule has 1 aromatic heterocycles. The van der Waals surface area contributed by atoms with Gasteiger partial charge in [-0.25, -0.2) is 0 Å². The van der Waals surface area contributed by atoms with E-state index in [-0.39, 0.29) is 6.61 Å². The van der Waals surface area contributed by atoms with Gasteiger partial charge >= 0.3 is 0 Å². The molecular formula is C11H14N4O. The molecule has 2 aromatic rings. The predicted octanol–water partition coefficient (Wildman–Crippen LogP) is 0.814. The quantitative estimate of drug-likeness (QED) is 0.828. The zero-order valence-electron chi connectivity index (χ0n) is 9.38. The van der Waals surface area contributed by atoms with Gasteiger partial charge in [0.2, 0.25) is 0 Å². The molecule has 84 valence electrons. The van der Waals surface area contributed by atoms with E-state index < -0.39 is 0 Å². The van der Waals surface area contributed by atoms with Crippen molar-refractivity contribution in [3.63, 3.8) is 0 Å². The number of hydrogen-bond acceptors (Lipinski definition) is 4. The Balaban J connectivity index is 2.46. The highest BCUT2D eigenvalue weighted by Crippen LogP contribution is 2.15. The number of aromatic nitrogens is 4. The molecule has 5 nitrogen and oxygen atoms in total. The summed E-state index contributed by atoms with van der Waals surface area (Å²) >= 11 is 0. The Kier molecular flexibility index (Phi) is 2.96. The first-order valence-electron chi connectivity index (χ1n) is 5.18. The first-order chi connectivity index (χ1) is 7.72. The van der Waals surface area contributed by atoms with Crippen LogP contribution >= 0.6 is 0 Å².